The summed E-state index contributed by atoms with van der Waals surface area (Å²) in [5, 5.41) is 17.7. The Labute approximate surface area is 173 Å². The van der Waals surface area contributed by atoms with Gasteiger partial charge in [-0.15, -0.1) is 5.10 Å². The van der Waals surface area contributed by atoms with Gasteiger partial charge in [0.25, 0.3) is 0 Å². The molecule has 8 heteroatoms. The first-order chi connectivity index (χ1) is 14.6. The highest BCUT2D eigenvalue weighted by Gasteiger charge is 2.13. The summed E-state index contributed by atoms with van der Waals surface area (Å²) in [7, 11) is 4.75. The highest BCUT2D eigenvalue weighted by Crippen LogP contribution is 2.38. The number of nitrogens with one attached hydrogen (secondary N) is 1. The molecule has 0 bridgehead atoms. The minimum atomic E-state index is 0.194. The first kappa shape index (κ1) is 19.4. The van der Waals surface area contributed by atoms with Crippen molar-refractivity contribution in [2.24, 2.45) is 0 Å². The minimum Gasteiger partial charge on any atom is -0.508 e. The molecule has 0 fully saturated rings. The summed E-state index contributed by atoms with van der Waals surface area (Å²) in [6.07, 6.45) is 1.74. The number of phenolic OH excluding ortho intramolecular Hbond substituents is 1. The van der Waals surface area contributed by atoms with Crippen molar-refractivity contribution < 1.29 is 19.3 Å². The number of rotatable bonds is 7. The van der Waals surface area contributed by atoms with Crippen LogP contribution in [0.5, 0.6) is 23.0 Å². The van der Waals surface area contributed by atoms with Gasteiger partial charge in [0.2, 0.25) is 5.75 Å². The van der Waals surface area contributed by atoms with Gasteiger partial charge in [0.05, 0.1) is 33.2 Å². The molecule has 0 radical (unpaired) electrons. The van der Waals surface area contributed by atoms with E-state index in [2.05, 4.69) is 15.4 Å². The number of imidazole rings is 1. The fourth-order valence-corrected chi connectivity index (χ4v) is 3.26. The third-order valence-corrected chi connectivity index (χ3v) is 4.70. The van der Waals surface area contributed by atoms with Crippen molar-refractivity contribution in [2.45, 2.75) is 6.54 Å². The molecule has 30 heavy (non-hydrogen) atoms. The number of ether oxygens (including phenoxy) is 3. The van der Waals surface area contributed by atoms with E-state index in [1.807, 2.05) is 30.3 Å². The second-order valence-corrected chi connectivity index (χ2v) is 6.57. The quantitative estimate of drug-likeness (QED) is 0.483. The number of hydrogen-bond donors (Lipinski definition) is 2. The Hall–Kier alpha value is -3.94. The van der Waals surface area contributed by atoms with Crippen molar-refractivity contribution in [2.75, 3.05) is 26.6 Å². The molecule has 4 aromatic rings. The summed E-state index contributed by atoms with van der Waals surface area (Å²) in [6.45, 7) is 0.505. The van der Waals surface area contributed by atoms with Gasteiger partial charge in [0, 0.05) is 12.1 Å². The first-order valence-electron chi connectivity index (χ1n) is 9.30. The van der Waals surface area contributed by atoms with E-state index in [0.717, 1.165) is 16.8 Å². The molecule has 0 saturated heterocycles. The molecule has 2 N–H and O–H groups in total. The molecule has 8 nitrogen and oxygen atoms in total. The van der Waals surface area contributed by atoms with Crippen LogP contribution < -0.4 is 19.5 Å². The van der Waals surface area contributed by atoms with Gasteiger partial charge in [-0.25, -0.2) is 9.50 Å². The Morgan fingerprint density at radius 3 is 2.40 bits per heavy atom. The van der Waals surface area contributed by atoms with Crippen LogP contribution in [0.2, 0.25) is 0 Å². The van der Waals surface area contributed by atoms with Gasteiger partial charge in [0.1, 0.15) is 11.6 Å². The molecule has 0 unspecified atom stereocenters. The molecule has 154 valence electrons. The number of phenols is 1. The van der Waals surface area contributed by atoms with Crippen molar-refractivity contribution in [1.29, 1.82) is 0 Å². The van der Waals surface area contributed by atoms with E-state index in [9.17, 15) is 5.11 Å². The lowest BCUT2D eigenvalue weighted by molar-refractivity contribution is 0.324. The van der Waals surface area contributed by atoms with Crippen molar-refractivity contribution in [3.63, 3.8) is 0 Å². The van der Waals surface area contributed by atoms with E-state index in [4.69, 9.17) is 14.2 Å². The van der Waals surface area contributed by atoms with Crippen molar-refractivity contribution in [3.05, 3.63) is 60.3 Å². The Kier molecular flexibility index (Phi) is 5.30. The maximum Gasteiger partial charge on any atom is 0.203 e. The Balaban J connectivity index is 1.61. The Morgan fingerprint density at radius 2 is 1.73 bits per heavy atom. The van der Waals surface area contributed by atoms with Gasteiger partial charge < -0.3 is 24.6 Å². The lowest BCUT2D eigenvalue weighted by Gasteiger charge is -2.14. The molecule has 2 aromatic heterocycles. The van der Waals surface area contributed by atoms with Gasteiger partial charge in [-0.3, -0.25) is 0 Å². The first-order valence-corrected chi connectivity index (χ1v) is 9.30. The summed E-state index contributed by atoms with van der Waals surface area (Å²) >= 11 is 0. The Morgan fingerprint density at radius 1 is 0.967 bits per heavy atom. The number of aromatic nitrogens is 3. The Bertz CT molecular complexity index is 1160. The van der Waals surface area contributed by atoms with Gasteiger partial charge in [-0.2, -0.15) is 0 Å². The topological polar surface area (TPSA) is 90.1 Å². The molecular weight excluding hydrogens is 384 g/mol. The number of methoxy groups -OCH3 is 3. The zero-order valence-corrected chi connectivity index (χ0v) is 16.9. The van der Waals surface area contributed by atoms with Crippen molar-refractivity contribution in [1.82, 2.24) is 14.6 Å². The minimum absolute atomic E-state index is 0.194. The number of aromatic hydroxyl groups is 1. The average molecular weight is 406 g/mol. The second-order valence-electron chi connectivity index (χ2n) is 6.57. The largest absolute Gasteiger partial charge is 0.508 e. The highest BCUT2D eigenvalue weighted by molar-refractivity contribution is 5.65. The third kappa shape index (κ3) is 3.67. The average Bonchev–Trinajstić information content (AvgIpc) is 3.20. The standard InChI is InChI=1S/C22H22N4O4/c1-28-18-9-14(10-19(29-2)22(18)30-3)12-23-20-7-8-21-24-13-17(26(21)25-20)15-5-4-6-16(27)11-15/h4-11,13,27H,12H2,1-3H3,(H,23,25). The van der Waals surface area contributed by atoms with Gasteiger partial charge >= 0.3 is 0 Å². The van der Waals surface area contributed by atoms with Gasteiger partial charge in [-0.1, -0.05) is 12.1 Å². The second kappa shape index (κ2) is 8.20. The summed E-state index contributed by atoms with van der Waals surface area (Å²) < 4.78 is 17.9. The molecule has 4 rings (SSSR count). The molecule has 2 aromatic carbocycles. The predicted octanol–water partition coefficient (Wildman–Crippen LogP) is 3.74. The summed E-state index contributed by atoms with van der Waals surface area (Å²) in [6, 6.07) is 14.5. The monoisotopic (exact) mass is 406 g/mol. The molecule has 0 aliphatic heterocycles. The fraction of sp³-hybridized carbons (Fsp3) is 0.182. The molecule has 0 aliphatic carbocycles. The lowest BCUT2D eigenvalue weighted by Crippen LogP contribution is -2.05. The highest BCUT2D eigenvalue weighted by atomic mass is 16.5. The van der Waals surface area contributed by atoms with E-state index >= 15 is 0 Å². The molecule has 0 spiro atoms. The van der Waals surface area contributed by atoms with Crippen LogP contribution in [-0.2, 0) is 6.54 Å². The van der Waals surface area contributed by atoms with Crippen LogP contribution in [-0.4, -0.2) is 41.0 Å². The summed E-state index contributed by atoms with van der Waals surface area (Å²) in [5.41, 5.74) is 3.28. The maximum absolute atomic E-state index is 9.78. The normalized spacial score (nSPS) is 10.8. The molecule has 2 heterocycles. The van der Waals surface area contributed by atoms with E-state index in [1.165, 1.54) is 0 Å². The van der Waals surface area contributed by atoms with Crippen LogP contribution in [0.3, 0.4) is 0 Å². The van der Waals surface area contributed by atoms with Crippen LogP contribution in [0.4, 0.5) is 5.82 Å². The van der Waals surface area contributed by atoms with Crippen LogP contribution in [0.15, 0.2) is 54.7 Å². The van der Waals surface area contributed by atoms with E-state index < -0.39 is 0 Å². The van der Waals surface area contributed by atoms with E-state index in [1.54, 1.807) is 50.2 Å². The van der Waals surface area contributed by atoms with Crippen LogP contribution in [0.1, 0.15) is 5.56 Å². The van der Waals surface area contributed by atoms with Crippen molar-refractivity contribution in [3.8, 4) is 34.3 Å². The van der Waals surface area contributed by atoms with Gasteiger partial charge in [-0.05, 0) is 42.0 Å². The van der Waals surface area contributed by atoms with Gasteiger partial charge in [0.15, 0.2) is 17.1 Å². The zero-order valence-electron chi connectivity index (χ0n) is 16.9. The number of anilines is 1. The summed E-state index contributed by atoms with van der Waals surface area (Å²) in [4.78, 5) is 4.39. The molecular formula is C22H22N4O4. The zero-order chi connectivity index (χ0) is 21.1. The lowest BCUT2D eigenvalue weighted by atomic mass is 10.1. The number of benzene rings is 2. The van der Waals surface area contributed by atoms with Crippen LogP contribution in [0, 0.1) is 0 Å². The number of fused-ring (bicyclic) bond motifs is 1. The maximum atomic E-state index is 9.78. The van der Waals surface area contributed by atoms with Crippen LogP contribution >= 0.6 is 0 Å². The van der Waals surface area contributed by atoms with Crippen molar-refractivity contribution >= 4 is 11.5 Å². The molecule has 0 saturated carbocycles. The SMILES string of the molecule is COc1cc(CNc2ccc3ncc(-c4cccc(O)c4)n3n2)cc(OC)c1OC. The van der Waals surface area contributed by atoms with E-state index in [-0.39, 0.29) is 5.75 Å². The number of nitrogens with zero attached hydrogens (tertiary/aromatic N) is 3. The number of hydrogen-bond acceptors (Lipinski definition) is 7. The fourth-order valence-electron chi connectivity index (χ4n) is 3.26. The predicted molar refractivity (Wildman–Crippen MR) is 114 cm³/mol. The molecule has 0 aliphatic rings. The molecule has 0 atom stereocenters. The summed E-state index contributed by atoms with van der Waals surface area (Å²) in [5.74, 6) is 2.61. The van der Waals surface area contributed by atoms with E-state index in [0.29, 0.717) is 35.3 Å². The third-order valence-electron chi connectivity index (χ3n) is 4.70. The molecule has 0 amide bonds. The smallest absolute Gasteiger partial charge is 0.203 e. The van der Waals surface area contributed by atoms with Crippen LogP contribution in [0.25, 0.3) is 16.9 Å².